The van der Waals surface area contributed by atoms with Crippen molar-refractivity contribution in [3.63, 3.8) is 0 Å². The fourth-order valence-corrected chi connectivity index (χ4v) is 13.4. The standard InChI is InChI=1S/C77H150O17P2/c1-7-9-11-13-15-17-28-37-43-49-55-61-76(81)93-72(65-87-74(79)59-53-47-41-35-18-16-14-12-10-8-2)67-91-95(83,84)89-63-71(78)64-90-96(85,86)92-68-73(66-88-75(80)60-54-48-42-36-32-27-30-34-40-46-52-58-70(5)6)94-77(82)62-56-50-44-38-31-26-24-22-20-19-21-23-25-29-33-39-45-51-57-69(3)4/h69-73,78H,7-68H2,1-6H3,(H,83,84)(H,85,86)/t71-,72+,73+/m0/s1. The first-order chi connectivity index (χ1) is 46.4. The van der Waals surface area contributed by atoms with Gasteiger partial charge in [0.05, 0.1) is 26.4 Å². The van der Waals surface area contributed by atoms with Gasteiger partial charge in [0.1, 0.15) is 19.3 Å². The van der Waals surface area contributed by atoms with E-state index in [4.69, 9.17) is 37.0 Å². The number of hydrogen-bond donors (Lipinski definition) is 3. The molecule has 570 valence electrons. The lowest BCUT2D eigenvalue weighted by atomic mass is 10.0. The number of carbonyl (C=O) groups excluding carboxylic acids is 4. The van der Waals surface area contributed by atoms with Crippen LogP contribution in [0.25, 0.3) is 0 Å². The van der Waals surface area contributed by atoms with Crippen LogP contribution in [-0.2, 0) is 65.4 Å². The SMILES string of the molecule is CCCCCCCCCCCCCC(=O)O[C@H](COC(=O)CCCCCCCCCCCC)COP(=O)(O)OC[C@H](O)COP(=O)(O)OC[C@@H](COC(=O)CCCCCCCCCCCCCC(C)C)OC(=O)CCCCCCCCCCCCCCCCCCCCC(C)C. The molecular formula is C77H150O17P2. The van der Waals surface area contributed by atoms with Crippen LogP contribution in [0.5, 0.6) is 0 Å². The molecule has 0 aliphatic heterocycles. The average Bonchev–Trinajstić information content (AvgIpc) is 2.63. The summed E-state index contributed by atoms with van der Waals surface area (Å²) in [6, 6.07) is 0. The number of phosphoric ester groups is 2. The van der Waals surface area contributed by atoms with Crippen molar-refractivity contribution in [3.05, 3.63) is 0 Å². The van der Waals surface area contributed by atoms with Crippen molar-refractivity contribution < 1.29 is 80.2 Å². The average molecular weight is 1410 g/mol. The zero-order chi connectivity index (χ0) is 70.7. The third-order valence-corrected chi connectivity index (χ3v) is 19.9. The Kier molecular flexibility index (Phi) is 67.4. The van der Waals surface area contributed by atoms with Crippen molar-refractivity contribution in [1.82, 2.24) is 0 Å². The number of aliphatic hydroxyl groups is 1. The van der Waals surface area contributed by atoms with E-state index in [9.17, 15) is 43.2 Å². The molecule has 19 heteroatoms. The maximum atomic E-state index is 13.1. The monoisotopic (exact) mass is 1410 g/mol. The molecule has 0 heterocycles. The largest absolute Gasteiger partial charge is 0.472 e. The lowest BCUT2D eigenvalue weighted by molar-refractivity contribution is -0.161. The molecule has 0 rings (SSSR count). The molecule has 0 amide bonds. The van der Waals surface area contributed by atoms with Gasteiger partial charge in [-0.2, -0.15) is 0 Å². The Bertz CT molecular complexity index is 1860. The lowest BCUT2D eigenvalue weighted by Crippen LogP contribution is -2.30. The van der Waals surface area contributed by atoms with E-state index in [1.165, 1.54) is 218 Å². The third-order valence-electron chi connectivity index (χ3n) is 18.0. The predicted octanol–water partition coefficient (Wildman–Crippen LogP) is 22.7. The molecule has 3 N–H and O–H groups in total. The van der Waals surface area contributed by atoms with Gasteiger partial charge in [-0.05, 0) is 37.5 Å². The molecule has 0 spiro atoms. The van der Waals surface area contributed by atoms with E-state index in [2.05, 4.69) is 41.5 Å². The minimum absolute atomic E-state index is 0.107. The van der Waals surface area contributed by atoms with Gasteiger partial charge in [-0.15, -0.1) is 0 Å². The van der Waals surface area contributed by atoms with Gasteiger partial charge in [0.2, 0.25) is 0 Å². The van der Waals surface area contributed by atoms with Crippen molar-refractivity contribution in [2.75, 3.05) is 39.6 Å². The number of rotatable bonds is 76. The Balaban J connectivity index is 5.20. The van der Waals surface area contributed by atoms with Crippen molar-refractivity contribution in [1.29, 1.82) is 0 Å². The van der Waals surface area contributed by atoms with E-state index >= 15 is 0 Å². The van der Waals surface area contributed by atoms with Gasteiger partial charge in [0.25, 0.3) is 0 Å². The number of ether oxygens (including phenoxy) is 4. The summed E-state index contributed by atoms with van der Waals surface area (Å²) in [7, 11) is -9.91. The molecule has 96 heavy (non-hydrogen) atoms. The molecule has 0 saturated heterocycles. The van der Waals surface area contributed by atoms with E-state index in [0.29, 0.717) is 25.7 Å². The van der Waals surface area contributed by atoms with Gasteiger partial charge in [0, 0.05) is 25.7 Å². The molecule has 0 aliphatic rings. The van der Waals surface area contributed by atoms with Gasteiger partial charge in [-0.25, -0.2) is 9.13 Å². The second kappa shape index (κ2) is 68.8. The zero-order valence-electron chi connectivity index (χ0n) is 62.7. The molecule has 0 aromatic rings. The maximum absolute atomic E-state index is 13.1. The van der Waals surface area contributed by atoms with Gasteiger partial charge < -0.3 is 33.8 Å². The number of hydrogen-bond acceptors (Lipinski definition) is 15. The smallest absolute Gasteiger partial charge is 0.462 e. The van der Waals surface area contributed by atoms with Gasteiger partial charge in [-0.3, -0.25) is 37.3 Å². The summed E-state index contributed by atoms with van der Waals surface area (Å²) < 4.78 is 68.5. The molecule has 0 radical (unpaired) electrons. The second-order valence-electron chi connectivity index (χ2n) is 28.7. The van der Waals surface area contributed by atoms with E-state index in [1.807, 2.05) is 0 Å². The highest BCUT2D eigenvalue weighted by atomic mass is 31.2. The molecule has 0 fully saturated rings. The molecule has 2 unspecified atom stereocenters. The first-order valence-corrected chi connectivity index (χ1v) is 43.0. The van der Waals surface area contributed by atoms with Crippen molar-refractivity contribution in [2.45, 2.75) is 419 Å². The second-order valence-corrected chi connectivity index (χ2v) is 31.6. The normalized spacial score (nSPS) is 14.0. The molecule has 0 aromatic heterocycles. The molecule has 0 aromatic carbocycles. The Morgan fingerprint density at radius 1 is 0.281 bits per heavy atom. The van der Waals surface area contributed by atoms with Crippen molar-refractivity contribution in [3.8, 4) is 0 Å². The number of carbonyl (C=O) groups is 4. The van der Waals surface area contributed by atoms with Gasteiger partial charge in [0.15, 0.2) is 12.2 Å². The zero-order valence-corrected chi connectivity index (χ0v) is 64.5. The van der Waals surface area contributed by atoms with Gasteiger partial charge in [-0.1, -0.05) is 350 Å². The summed E-state index contributed by atoms with van der Waals surface area (Å²) in [6.45, 7) is 9.63. The van der Waals surface area contributed by atoms with Crippen LogP contribution in [0.2, 0.25) is 0 Å². The summed E-state index contributed by atoms with van der Waals surface area (Å²) in [4.78, 5) is 72.8. The molecule has 5 atom stereocenters. The summed E-state index contributed by atoms with van der Waals surface area (Å²) in [5, 5.41) is 10.6. The molecular weight excluding hydrogens is 1260 g/mol. The number of aliphatic hydroxyl groups excluding tert-OH is 1. The van der Waals surface area contributed by atoms with Gasteiger partial charge >= 0.3 is 39.5 Å². The fourth-order valence-electron chi connectivity index (χ4n) is 11.8. The highest BCUT2D eigenvalue weighted by molar-refractivity contribution is 7.47. The Hall–Kier alpha value is -1.94. The highest BCUT2D eigenvalue weighted by Gasteiger charge is 2.30. The number of phosphoric acid groups is 2. The summed E-state index contributed by atoms with van der Waals surface area (Å²) in [6.07, 6.45) is 56.8. The minimum Gasteiger partial charge on any atom is -0.462 e. The van der Waals surface area contributed by atoms with Crippen LogP contribution >= 0.6 is 15.6 Å². The summed E-state index contributed by atoms with van der Waals surface area (Å²) >= 11 is 0. The van der Waals surface area contributed by atoms with Crippen LogP contribution in [0.4, 0.5) is 0 Å². The Morgan fingerprint density at radius 3 is 0.708 bits per heavy atom. The summed E-state index contributed by atoms with van der Waals surface area (Å²) in [5.41, 5.74) is 0. The predicted molar refractivity (Wildman–Crippen MR) is 391 cm³/mol. The third kappa shape index (κ3) is 70.5. The van der Waals surface area contributed by atoms with Crippen LogP contribution in [-0.4, -0.2) is 96.7 Å². The van der Waals surface area contributed by atoms with Crippen LogP contribution in [0.1, 0.15) is 401 Å². The van der Waals surface area contributed by atoms with E-state index in [0.717, 1.165) is 102 Å². The first kappa shape index (κ1) is 94.1. The molecule has 0 saturated carbocycles. The van der Waals surface area contributed by atoms with Crippen LogP contribution in [0.3, 0.4) is 0 Å². The van der Waals surface area contributed by atoms with Crippen molar-refractivity contribution in [2.24, 2.45) is 11.8 Å². The van der Waals surface area contributed by atoms with Crippen LogP contribution in [0, 0.1) is 11.8 Å². The van der Waals surface area contributed by atoms with E-state index < -0.39 is 97.5 Å². The molecule has 0 bridgehead atoms. The highest BCUT2D eigenvalue weighted by Crippen LogP contribution is 2.45. The molecule has 0 aliphatic carbocycles. The number of unbranched alkanes of at least 4 members (excludes halogenated alkanes) is 46. The first-order valence-electron chi connectivity index (χ1n) is 40.0. The van der Waals surface area contributed by atoms with E-state index in [1.54, 1.807) is 0 Å². The van der Waals surface area contributed by atoms with Crippen LogP contribution < -0.4 is 0 Å². The summed E-state index contributed by atoms with van der Waals surface area (Å²) in [5.74, 6) is -0.523. The maximum Gasteiger partial charge on any atom is 0.472 e. The van der Waals surface area contributed by atoms with Crippen LogP contribution in [0.15, 0.2) is 0 Å². The van der Waals surface area contributed by atoms with Crippen molar-refractivity contribution >= 4 is 39.5 Å². The Morgan fingerprint density at radius 2 is 0.479 bits per heavy atom. The number of esters is 4. The van der Waals surface area contributed by atoms with E-state index in [-0.39, 0.29) is 25.7 Å². The topological polar surface area (TPSA) is 237 Å². The molecule has 17 nitrogen and oxygen atoms in total. The quantitative estimate of drug-likeness (QED) is 0.0222. The fraction of sp³-hybridized carbons (Fsp3) is 0.948. The Labute approximate surface area is 588 Å². The lowest BCUT2D eigenvalue weighted by Gasteiger charge is -2.21. The minimum atomic E-state index is -4.96.